The van der Waals surface area contributed by atoms with Crippen molar-refractivity contribution in [1.82, 2.24) is 28.7 Å². The number of nitrogens with zero attached hydrogens (tertiary/aromatic N) is 6. The second-order valence-corrected chi connectivity index (χ2v) is 19.2. The van der Waals surface area contributed by atoms with E-state index in [1.54, 1.807) is 0 Å². The van der Waals surface area contributed by atoms with E-state index in [1.807, 2.05) is 0 Å². The highest BCUT2D eigenvalue weighted by Crippen LogP contribution is 2.47. The lowest BCUT2D eigenvalue weighted by molar-refractivity contribution is 0.953. The van der Waals surface area contributed by atoms with Gasteiger partial charge < -0.3 is 9.13 Å². The zero-order valence-electron chi connectivity index (χ0n) is 40.6. The van der Waals surface area contributed by atoms with Crippen LogP contribution in [0.4, 0.5) is 0 Å². The summed E-state index contributed by atoms with van der Waals surface area (Å²) in [6.45, 7) is 0. The maximum Gasteiger partial charge on any atom is 0.238 e. The molecule has 75 heavy (non-hydrogen) atoms. The number of para-hydroxylation sites is 4. The standard InChI is InChI=1S/C69H44N6/c1-4-21-45(22-5-1)48-27-18-30-51(41-48)67-70-68(52-31-19-28-49(42-52)46-23-6-2-7-24-46)72-69(71-67)75-61-39-16-12-35-56(61)58-44-63(74-59-37-14-10-33-54(59)55-34-11-15-38-60(55)74)64-57-36-13-17-40-62(57)73(66(64)65(58)75)53-32-20-29-50(43-53)47-25-8-3-9-26-47/h1-44H. The molecule has 4 heterocycles. The van der Waals surface area contributed by atoms with Crippen LogP contribution >= 0.6 is 0 Å². The van der Waals surface area contributed by atoms with Crippen LogP contribution in [-0.2, 0) is 0 Å². The van der Waals surface area contributed by atoms with Crippen molar-refractivity contribution in [3.8, 4) is 73.5 Å². The summed E-state index contributed by atoms with van der Waals surface area (Å²) in [5.41, 5.74) is 17.1. The Kier molecular flexibility index (Phi) is 9.78. The molecule has 6 nitrogen and oxygen atoms in total. The zero-order valence-corrected chi connectivity index (χ0v) is 40.6. The summed E-state index contributed by atoms with van der Waals surface area (Å²) in [4.78, 5) is 16.5. The predicted octanol–water partition coefficient (Wildman–Crippen LogP) is 17.5. The first kappa shape index (κ1) is 42.5. The van der Waals surface area contributed by atoms with E-state index < -0.39 is 0 Å². The molecule has 0 fully saturated rings. The summed E-state index contributed by atoms with van der Waals surface area (Å²) in [6.07, 6.45) is 0. The third kappa shape index (κ3) is 6.92. The molecule has 0 spiro atoms. The second-order valence-electron chi connectivity index (χ2n) is 19.2. The van der Waals surface area contributed by atoms with E-state index in [2.05, 4.69) is 281 Å². The van der Waals surface area contributed by atoms with Crippen LogP contribution in [-0.4, -0.2) is 28.7 Å². The van der Waals surface area contributed by atoms with E-state index in [9.17, 15) is 0 Å². The van der Waals surface area contributed by atoms with Gasteiger partial charge in [0.1, 0.15) is 0 Å². The molecule has 0 unspecified atom stereocenters. The molecule has 0 saturated heterocycles. The Morgan fingerprint density at radius 2 is 0.627 bits per heavy atom. The summed E-state index contributed by atoms with van der Waals surface area (Å²) in [7, 11) is 0. The van der Waals surface area contributed by atoms with Gasteiger partial charge in [-0.1, -0.05) is 212 Å². The number of hydrogen-bond donors (Lipinski definition) is 0. The Labute approximate surface area is 432 Å². The fourth-order valence-corrected chi connectivity index (χ4v) is 11.5. The van der Waals surface area contributed by atoms with Crippen LogP contribution in [0.5, 0.6) is 0 Å². The highest BCUT2D eigenvalue weighted by Gasteiger charge is 2.28. The highest BCUT2D eigenvalue weighted by atomic mass is 15.2. The molecule has 0 amide bonds. The van der Waals surface area contributed by atoms with Crippen LogP contribution in [0.1, 0.15) is 0 Å². The zero-order chi connectivity index (χ0) is 49.4. The lowest BCUT2D eigenvalue weighted by Crippen LogP contribution is -2.07. The topological polar surface area (TPSA) is 53.5 Å². The first-order chi connectivity index (χ1) is 37.2. The van der Waals surface area contributed by atoms with Crippen LogP contribution in [0.15, 0.2) is 267 Å². The monoisotopic (exact) mass is 956 g/mol. The van der Waals surface area contributed by atoms with Crippen molar-refractivity contribution in [2.45, 2.75) is 0 Å². The fraction of sp³-hybridized carbons (Fsp3) is 0. The molecule has 15 rings (SSSR count). The van der Waals surface area contributed by atoms with Gasteiger partial charge >= 0.3 is 0 Å². The summed E-state index contributed by atoms with van der Waals surface area (Å²) in [5, 5.41) is 6.85. The SMILES string of the molecule is c1ccc(-c2cccc(-c3nc(-c4cccc(-c5ccccc5)c4)nc(-n4c5ccccc5c5cc(-n6c7ccccc7c7ccccc76)c6c7ccccc7n(-c7cccc(-c8ccccc8)c7)c6c54)n3)c2)cc1. The van der Waals surface area contributed by atoms with E-state index in [-0.39, 0.29) is 0 Å². The minimum absolute atomic E-state index is 0.525. The third-order valence-electron chi connectivity index (χ3n) is 14.9. The minimum atomic E-state index is 0.525. The number of hydrogen-bond acceptors (Lipinski definition) is 3. The molecular weight excluding hydrogens is 913 g/mol. The van der Waals surface area contributed by atoms with Gasteiger partial charge in [-0.15, -0.1) is 0 Å². The van der Waals surface area contributed by atoms with Gasteiger partial charge in [0, 0.05) is 49.1 Å². The van der Waals surface area contributed by atoms with Crippen LogP contribution in [0.3, 0.4) is 0 Å². The van der Waals surface area contributed by atoms with Crippen LogP contribution in [0.2, 0.25) is 0 Å². The number of benzene rings is 11. The molecule has 0 saturated carbocycles. The average molecular weight is 957 g/mol. The lowest BCUT2D eigenvalue weighted by atomic mass is 10.0. The van der Waals surface area contributed by atoms with Crippen molar-refractivity contribution in [2.75, 3.05) is 0 Å². The molecule has 0 aliphatic carbocycles. The molecule has 6 heteroatoms. The van der Waals surface area contributed by atoms with Gasteiger partial charge in [0.2, 0.25) is 5.95 Å². The Morgan fingerprint density at radius 3 is 1.15 bits per heavy atom. The Morgan fingerprint density at radius 1 is 0.240 bits per heavy atom. The lowest BCUT2D eigenvalue weighted by Gasteiger charge is -2.16. The quantitative estimate of drug-likeness (QED) is 0.152. The van der Waals surface area contributed by atoms with Crippen molar-refractivity contribution >= 4 is 65.4 Å². The van der Waals surface area contributed by atoms with Crippen molar-refractivity contribution in [3.05, 3.63) is 267 Å². The molecule has 0 atom stereocenters. The molecule has 350 valence electrons. The van der Waals surface area contributed by atoms with E-state index in [4.69, 9.17) is 15.0 Å². The number of fused-ring (bicyclic) bond motifs is 10. The number of rotatable bonds is 8. The first-order valence-electron chi connectivity index (χ1n) is 25.4. The minimum Gasteiger partial charge on any atom is -0.309 e. The smallest absolute Gasteiger partial charge is 0.238 e. The van der Waals surface area contributed by atoms with E-state index in [0.29, 0.717) is 17.6 Å². The average Bonchev–Trinajstić information content (AvgIpc) is 4.14. The summed E-state index contributed by atoms with van der Waals surface area (Å²) >= 11 is 0. The normalized spacial score (nSPS) is 11.7. The Balaban J connectivity index is 1.10. The van der Waals surface area contributed by atoms with Gasteiger partial charge in [-0.2, -0.15) is 9.97 Å². The summed E-state index contributed by atoms with van der Waals surface area (Å²) in [5.74, 6) is 1.69. The first-order valence-corrected chi connectivity index (χ1v) is 25.4. The van der Waals surface area contributed by atoms with Gasteiger partial charge in [0.15, 0.2) is 11.6 Å². The van der Waals surface area contributed by atoms with E-state index in [0.717, 1.165) is 111 Å². The molecule has 0 radical (unpaired) electrons. The van der Waals surface area contributed by atoms with Gasteiger partial charge in [-0.05, 0) is 88.0 Å². The van der Waals surface area contributed by atoms with Crippen molar-refractivity contribution < 1.29 is 0 Å². The molecule has 0 aliphatic rings. The van der Waals surface area contributed by atoms with Gasteiger partial charge in [0.05, 0.1) is 38.8 Å². The van der Waals surface area contributed by atoms with Crippen molar-refractivity contribution in [1.29, 1.82) is 0 Å². The molecule has 0 bridgehead atoms. The third-order valence-corrected chi connectivity index (χ3v) is 14.9. The van der Waals surface area contributed by atoms with Crippen molar-refractivity contribution in [2.24, 2.45) is 0 Å². The van der Waals surface area contributed by atoms with Crippen LogP contribution in [0.25, 0.3) is 139 Å². The summed E-state index contributed by atoms with van der Waals surface area (Å²) in [6, 6.07) is 95.3. The second kappa shape index (κ2) is 17.3. The molecule has 11 aromatic carbocycles. The van der Waals surface area contributed by atoms with Crippen LogP contribution in [0, 0.1) is 0 Å². The van der Waals surface area contributed by atoms with E-state index in [1.165, 1.54) is 10.8 Å². The maximum absolute atomic E-state index is 5.58. The van der Waals surface area contributed by atoms with E-state index >= 15 is 0 Å². The molecule has 4 aromatic heterocycles. The molecular formula is C69H44N6. The number of aromatic nitrogens is 6. The summed E-state index contributed by atoms with van der Waals surface area (Å²) < 4.78 is 7.26. The van der Waals surface area contributed by atoms with Crippen molar-refractivity contribution in [3.63, 3.8) is 0 Å². The van der Waals surface area contributed by atoms with Gasteiger partial charge in [-0.3, -0.25) is 4.57 Å². The largest absolute Gasteiger partial charge is 0.309 e. The maximum atomic E-state index is 5.58. The van der Waals surface area contributed by atoms with Gasteiger partial charge in [-0.25, -0.2) is 4.98 Å². The molecule has 0 N–H and O–H groups in total. The highest BCUT2D eigenvalue weighted by molar-refractivity contribution is 6.27. The Bertz CT molecular complexity index is 4550. The molecule has 15 aromatic rings. The van der Waals surface area contributed by atoms with Gasteiger partial charge in [0.25, 0.3) is 0 Å². The fourth-order valence-electron chi connectivity index (χ4n) is 11.5. The van der Waals surface area contributed by atoms with Crippen LogP contribution < -0.4 is 0 Å². The predicted molar refractivity (Wildman–Crippen MR) is 310 cm³/mol. The molecule has 0 aliphatic heterocycles. The Hall–Kier alpha value is -10.2.